The van der Waals surface area contributed by atoms with Crippen molar-refractivity contribution in [3.8, 4) is 17.2 Å². The topological polar surface area (TPSA) is 97.5 Å². The van der Waals surface area contributed by atoms with Crippen molar-refractivity contribution in [2.75, 3.05) is 12.4 Å². The molecule has 0 saturated carbocycles. The van der Waals surface area contributed by atoms with Crippen LogP contribution in [0.4, 0.5) is 0 Å². The van der Waals surface area contributed by atoms with Gasteiger partial charge in [0, 0.05) is 16.5 Å². The van der Waals surface area contributed by atoms with Crippen LogP contribution in [0.15, 0.2) is 35.2 Å². The summed E-state index contributed by atoms with van der Waals surface area (Å²) >= 11 is 1.23. The van der Waals surface area contributed by atoms with Crippen molar-refractivity contribution in [1.82, 2.24) is 15.0 Å². The van der Waals surface area contributed by atoms with E-state index in [9.17, 15) is 9.90 Å². The van der Waals surface area contributed by atoms with Gasteiger partial charge in [0.2, 0.25) is 0 Å². The second-order valence-corrected chi connectivity index (χ2v) is 9.16. The first kappa shape index (κ1) is 22.0. The van der Waals surface area contributed by atoms with Gasteiger partial charge in [-0.25, -0.2) is 0 Å². The van der Waals surface area contributed by atoms with Crippen LogP contribution in [-0.4, -0.2) is 43.5 Å². The summed E-state index contributed by atoms with van der Waals surface area (Å²) in [6.07, 6.45) is 1.98. The maximum atomic E-state index is 11.0. The smallest absolute Gasteiger partial charge is 0.313 e. The molecule has 0 spiro atoms. The van der Waals surface area contributed by atoms with Crippen molar-refractivity contribution in [2.24, 2.45) is 0 Å². The minimum absolute atomic E-state index is 0.0213. The molecule has 0 aliphatic rings. The van der Waals surface area contributed by atoms with Crippen molar-refractivity contribution in [2.45, 2.75) is 50.8 Å². The van der Waals surface area contributed by atoms with E-state index in [1.165, 1.54) is 16.6 Å². The Hall–Kier alpha value is -2.74. The van der Waals surface area contributed by atoms with Gasteiger partial charge in [0.15, 0.2) is 0 Å². The highest BCUT2D eigenvalue weighted by Crippen LogP contribution is 2.38. The first-order chi connectivity index (χ1) is 14.2. The first-order valence-corrected chi connectivity index (χ1v) is 10.9. The number of benzene rings is 2. The number of thioether (sulfide) groups is 1. The number of hydrogen-bond donors (Lipinski definition) is 2. The van der Waals surface area contributed by atoms with Crippen LogP contribution in [0.5, 0.6) is 11.5 Å². The zero-order valence-corrected chi connectivity index (χ0v) is 18.5. The maximum Gasteiger partial charge on any atom is 0.313 e. The van der Waals surface area contributed by atoms with Gasteiger partial charge in [0.05, 0.1) is 12.4 Å². The standard InChI is InChI=1S/C22H27N3O4S/c1-5-6-9-29-14-10-16(22(2,3)4)21(28)19(11-14)25-23-17-8-7-15(12-18(17)24-25)30-13-20(26)27/h7-8,10-12,28H,5-6,9,13H2,1-4H3,(H,26,27). The molecule has 0 atom stereocenters. The Balaban J connectivity index is 2.03. The molecule has 2 aromatic carbocycles. The van der Waals surface area contributed by atoms with Crippen LogP contribution in [-0.2, 0) is 10.2 Å². The quantitative estimate of drug-likeness (QED) is 0.393. The molecule has 8 heteroatoms. The Morgan fingerprint density at radius 2 is 1.90 bits per heavy atom. The Morgan fingerprint density at radius 3 is 2.57 bits per heavy atom. The number of carbonyl (C=O) groups is 1. The van der Waals surface area contributed by atoms with Crippen LogP contribution < -0.4 is 4.74 Å². The third kappa shape index (κ3) is 5.05. The Morgan fingerprint density at radius 1 is 1.17 bits per heavy atom. The van der Waals surface area contributed by atoms with E-state index in [-0.39, 0.29) is 16.9 Å². The minimum atomic E-state index is -0.872. The normalized spacial score (nSPS) is 11.7. The van der Waals surface area contributed by atoms with E-state index < -0.39 is 5.97 Å². The van der Waals surface area contributed by atoms with E-state index in [1.807, 2.05) is 32.9 Å². The number of ether oxygens (including phenoxy) is 1. The van der Waals surface area contributed by atoms with E-state index >= 15 is 0 Å². The van der Waals surface area contributed by atoms with E-state index in [1.54, 1.807) is 18.2 Å². The Bertz CT molecular complexity index is 1060. The van der Waals surface area contributed by atoms with Crippen molar-refractivity contribution in [1.29, 1.82) is 0 Å². The van der Waals surface area contributed by atoms with Gasteiger partial charge in [0.25, 0.3) is 0 Å². The number of phenols is 1. The average molecular weight is 430 g/mol. The molecule has 0 bridgehead atoms. The number of rotatable bonds is 8. The summed E-state index contributed by atoms with van der Waals surface area (Å²) in [4.78, 5) is 13.0. The summed E-state index contributed by atoms with van der Waals surface area (Å²) in [5, 5.41) is 28.9. The molecule has 1 heterocycles. The average Bonchev–Trinajstić information content (AvgIpc) is 3.09. The van der Waals surface area contributed by atoms with Crippen LogP contribution in [0.25, 0.3) is 16.7 Å². The minimum Gasteiger partial charge on any atom is -0.505 e. The lowest BCUT2D eigenvalue weighted by Crippen LogP contribution is -2.14. The number of carboxylic acids is 1. The van der Waals surface area contributed by atoms with Crippen LogP contribution in [0.2, 0.25) is 0 Å². The second-order valence-electron chi connectivity index (χ2n) is 8.11. The molecule has 0 unspecified atom stereocenters. The molecule has 1 aromatic heterocycles. The monoisotopic (exact) mass is 429 g/mol. The molecule has 3 aromatic rings. The number of aromatic hydroxyl groups is 1. The lowest BCUT2D eigenvalue weighted by atomic mass is 9.86. The van der Waals surface area contributed by atoms with E-state index in [2.05, 4.69) is 17.1 Å². The molecule has 30 heavy (non-hydrogen) atoms. The highest BCUT2D eigenvalue weighted by Gasteiger charge is 2.24. The van der Waals surface area contributed by atoms with Crippen molar-refractivity contribution >= 4 is 28.8 Å². The molecule has 0 aliphatic heterocycles. The summed E-state index contributed by atoms with van der Waals surface area (Å²) in [6.45, 7) is 8.79. The molecule has 7 nitrogen and oxygen atoms in total. The van der Waals surface area contributed by atoms with Gasteiger partial charge < -0.3 is 14.9 Å². The largest absolute Gasteiger partial charge is 0.505 e. The molecule has 0 saturated heterocycles. The molecular formula is C22H27N3O4S. The highest BCUT2D eigenvalue weighted by molar-refractivity contribution is 8.00. The fourth-order valence-corrected chi connectivity index (χ4v) is 3.62. The molecule has 0 amide bonds. The van der Waals surface area contributed by atoms with Crippen molar-refractivity contribution < 1.29 is 19.7 Å². The van der Waals surface area contributed by atoms with Gasteiger partial charge >= 0.3 is 5.97 Å². The predicted molar refractivity (Wildman–Crippen MR) is 118 cm³/mol. The van der Waals surface area contributed by atoms with Gasteiger partial charge in [-0.05, 0) is 36.1 Å². The third-order valence-electron chi connectivity index (χ3n) is 4.57. The van der Waals surface area contributed by atoms with E-state index in [0.29, 0.717) is 29.1 Å². The summed E-state index contributed by atoms with van der Waals surface area (Å²) in [6, 6.07) is 9.04. The highest BCUT2D eigenvalue weighted by atomic mass is 32.2. The lowest BCUT2D eigenvalue weighted by Gasteiger charge is -2.23. The Labute approximate surface area is 180 Å². The van der Waals surface area contributed by atoms with Crippen LogP contribution in [0.1, 0.15) is 46.1 Å². The summed E-state index contributed by atoms with van der Waals surface area (Å²) in [7, 11) is 0. The van der Waals surface area contributed by atoms with Gasteiger partial charge in [0.1, 0.15) is 28.2 Å². The second kappa shape index (κ2) is 8.95. The van der Waals surface area contributed by atoms with Gasteiger partial charge in [-0.2, -0.15) is 0 Å². The van der Waals surface area contributed by atoms with Crippen molar-refractivity contribution in [3.05, 3.63) is 35.9 Å². The number of phenolic OH excluding ortho intramolecular Hbond substituents is 1. The van der Waals surface area contributed by atoms with E-state index in [4.69, 9.17) is 9.84 Å². The summed E-state index contributed by atoms with van der Waals surface area (Å²) in [5.41, 5.74) is 2.19. The number of hydrogen-bond acceptors (Lipinski definition) is 6. The number of aliphatic carboxylic acids is 1. The zero-order chi connectivity index (χ0) is 21.9. The Kier molecular flexibility index (Phi) is 6.55. The van der Waals surface area contributed by atoms with Gasteiger partial charge in [-0.15, -0.1) is 26.8 Å². The van der Waals surface area contributed by atoms with Gasteiger partial charge in [-0.1, -0.05) is 34.1 Å². The maximum absolute atomic E-state index is 11.0. The summed E-state index contributed by atoms with van der Waals surface area (Å²) < 4.78 is 5.91. The molecule has 3 rings (SSSR count). The predicted octanol–water partition coefficient (Wildman–Crippen LogP) is 4.78. The lowest BCUT2D eigenvalue weighted by molar-refractivity contribution is -0.133. The fraction of sp³-hybridized carbons (Fsp3) is 0.409. The number of fused-ring (bicyclic) bond motifs is 1. The number of aromatic nitrogens is 3. The molecule has 0 fully saturated rings. The van der Waals surface area contributed by atoms with Crippen LogP contribution >= 0.6 is 11.8 Å². The number of unbranched alkanes of at least 4 members (excludes halogenated alkanes) is 1. The van der Waals surface area contributed by atoms with Gasteiger partial charge in [-0.3, -0.25) is 4.79 Å². The van der Waals surface area contributed by atoms with E-state index in [0.717, 1.165) is 23.3 Å². The van der Waals surface area contributed by atoms with Crippen molar-refractivity contribution in [3.63, 3.8) is 0 Å². The third-order valence-corrected chi connectivity index (χ3v) is 5.55. The molecule has 0 radical (unpaired) electrons. The van der Waals surface area contributed by atoms with Crippen LogP contribution in [0.3, 0.4) is 0 Å². The number of carboxylic acid groups (broad SMARTS) is 1. The zero-order valence-electron chi connectivity index (χ0n) is 17.7. The van der Waals surface area contributed by atoms with Crippen LogP contribution in [0, 0.1) is 0 Å². The molecule has 0 aliphatic carbocycles. The SMILES string of the molecule is CCCCOc1cc(-n2nc3ccc(SCC(=O)O)cc3n2)c(O)c(C(C)(C)C)c1. The fourth-order valence-electron chi connectivity index (χ4n) is 2.97. The molecule has 2 N–H and O–H groups in total. The number of nitrogens with zero attached hydrogens (tertiary/aromatic N) is 3. The molecular weight excluding hydrogens is 402 g/mol. The molecule has 160 valence electrons. The first-order valence-electron chi connectivity index (χ1n) is 9.91. The summed E-state index contributed by atoms with van der Waals surface area (Å²) in [5.74, 6) is -0.110.